The van der Waals surface area contributed by atoms with Crippen LogP contribution < -0.4 is 4.74 Å². The van der Waals surface area contributed by atoms with E-state index in [9.17, 15) is 9.59 Å². The lowest BCUT2D eigenvalue weighted by molar-refractivity contribution is -0.140. The molecule has 0 saturated carbocycles. The van der Waals surface area contributed by atoms with E-state index >= 15 is 0 Å². The lowest BCUT2D eigenvalue weighted by atomic mass is 10.1. The van der Waals surface area contributed by atoms with Gasteiger partial charge in [0, 0.05) is 12.6 Å². The third-order valence-electron chi connectivity index (χ3n) is 3.35. The standard InChI is InChI=1S/C16H15N3O4S/c1-18-15(21)12(19(16(18)24)10-14(20)22-2)9-11-5-3-4-6-13(11)23-8-7-17/h3-6,9H,8,10H2,1-2H3/b12-9-. The largest absolute Gasteiger partial charge is 0.478 e. The summed E-state index contributed by atoms with van der Waals surface area (Å²) in [5.74, 6) is -0.391. The summed E-state index contributed by atoms with van der Waals surface area (Å²) >= 11 is 5.21. The Morgan fingerprint density at radius 1 is 1.42 bits per heavy atom. The van der Waals surface area contributed by atoms with Gasteiger partial charge >= 0.3 is 5.97 Å². The van der Waals surface area contributed by atoms with Crippen molar-refractivity contribution in [2.75, 3.05) is 27.3 Å². The zero-order valence-electron chi connectivity index (χ0n) is 13.2. The SMILES string of the molecule is COC(=O)CN1C(=S)N(C)C(=O)/C1=C/c1ccccc1OCC#N. The van der Waals surface area contributed by atoms with Crippen LogP contribution in [0.25, 0.3) is 6.08 Å². The van der Waals surface area contributed by atoms with Gasteiger partial charge in [0.25, 0.3) is 5.91 Å². The Kier molecular flexibility index (Phi) is 5.50. The smallest absolute Gasteiger partial charge is 0.325 e. The molecule has 1 heterocycles. The number of hydrogen-bond donors (Lipinski definition) is 0. The van der Waals surface area contributed by atoms with Crippen LogP contribution in [0.15, 0.2) is 30.0 Å². The zero-order chi connectivity index (χ0) is 17.7. The first-order valence-electron chi connectivity index (χ1n) is 6.96. The second-order valence-corrected chi connectivity index (χ2v) is 5.19. The van der Waals surface area contributed by atoms with E-state index < -0.39 is 5.97 Å². The van der Waals surface area contributed by atoms with Gasteiger partial charge in [0.2, 0.25) is 0 Å². The molecular weight excluding hydrogens is 330 g/mol. The number of methoxy groups -OCH3 is 1. The number of carbonyl (C=O) groups is 2. The van der Waals surface area contributed by atoms with Crippen LogP contribution in [0.2, 0.25) is 0 Å². The minimum Gasteiger partial charge on any atom is -0.478 e. The summed E-state index contributed by atoms with van der Waals surface area (Å²) in [6.45, 7) is -0.281. The van der Waals surface area contributed by atoms with E-state index in [2.05, 4.69) is 4.74 Å². The third-order valence-corrected chi connectivity index (χ3v) is 3.84. The van der Waals surface area contributed by atoms with Gasteiger partial charge in [0.15, 0.2) is 11.7 Å². The van der Waals surface area contributed by atoms with Crippen LogP contribution in [0.3, 0.4) is 0 Å². The van der Waals surface area contributed by atoms with Gasteiger partial charge in [0.05, 0.1) is 7.11 Å². The van der Waals surface area contributed by atoms with E-state index in [1.165, 1.54) is 24.0 Å². The first-order valence-corrected chi connectivity index (χ1v) is 7.37. The van der Waals surface area contributed by atoms with Gasteiger partial charge in [-0.1, -0.05) is 18.2 Å². The number of ether oxygens (including phenoxy) is 2. The Hall–Kier alpha value is -2.92. The molecule has 0 atom stereocenters. The maximum absolute atomic E-state index is 12.4. The molecular formula is C16H15N3O4S. The van der Waals surface area contributed by atoms with Crippen LogP contribution >= 0.6 is 12.2 Å². The molecule has 1 fully saturated rings. The van der Waals surface area contributed by atoms with Gasteiger partial charge in [-0.2, -0.15) is 5.26 Å². The number of amides is 1. The Morgan fingerprint density at radius 3 is 2.79 bits per heavy atom. The topological polar surface area (TPSA) is 82.9 Å². The highest BCUT2D eigenvalue weighted by atomic mass is 32.1. The lowest BCUT2D eigenvalue weighted by Gasteiger charge is -2.17. The monoisotopic (exact) mass is 345 g/mol. The maximum atomic E-state index is 12.4. The molecule has 124 valence electrons. The predicted octanol–water partition coefficient (Wildman–Crippen LogP) is 1.16. The average Bonchev–Trinajstić information content (AvgIpc) is 2.79. The summed E-state index contributed by atoms with van der Waals surface area (Å²) in [6, 6.07) is 8.86. The Balaban J connectivity index is 2.42. The molecule has 0 aromatic heterocycles. The van der Waals surface area contributed by atoms with Gasteiger partial charge in [-0.3, -0.25) is 14.5 Å². The van der Waals surface area contributed by atoms with Crippen molar-refractivity contribution in [1.82, 2.24) is 9.80 Å². The fourth-order valence-corrected chi connectivity index (χ4v) is 2.38. The molecule has 2 rings (SSSR count). The summed E-state index contributed by atoms with van der Waals surface area (Å²) in [4.78, 5) is 26.7. The Labute approximate surface area is 144 Å². The zero-order valence-corrected chi connectivity index (χ0v) is 14.0. The highest BCUT2D eigenvalue weighted by Gasteiger charge is 2.36. The van der Waals surface area contributed by atoms with Crippen molar-refractivity contribution in [2.45, 2.75) is 0 Å². The van der Waals surface area contributed by atoms with Gasteiger partial charge in [-0.15, -0.1) is 0 Å². The second kappa shape index (κ2) is 7.57. The van der Waals surface area contributed by atoms with Crippen molar-refractivity contribution >= 4 is 35.3 Å². The van der Waals surface area contributed by atoms with Crippen molar-refractivity contribution in [1.29, 1.82) is 5.26 Å². The van der Waals surface area contributed by atoms with Crippen LogP contribution in [-0.2, 0) is 14.3 Å². The number of nitriles is 1. The van der Waals surface area contributed by atoms with E-state index in [4.69, 9.17) is 22.2 Å². The quantitative estimate of drug-likeness (QED) is 0.450. The molecule has 1 aliphatic rings. The second-order valence-electron chi connectivity index (χ2n) is 4.82. The number of rotatable bonds is 5. The molecule has 1 aromatic rings. The van der Waals surface area contributed by atoms with Gasteiger partial charge in [-0.05, 0) is 24.4 Å². The highest BCUT2D eigenvalue weighted by molar-refractivity contribution is 7.80. The molecule has 0 radical (unpaired) electrons. The molecule has 1 aromatic carbocycles. The summed E-state index contributed by atoms with van der Waals surface area (Å²) in [5, 5.41) is 8.87. The number of hydrogen-bond acceptors (Lipinski definition) is 6. The van der Waals surface area contributed by atoms with Crippen LogP contribution in [0, 0.1) is 11.3 Å². The molecule has 0 bridgehead atoms. The summed E-state index contributed by atoms with van der Waals surface area (Å²) in [5.41, 5.74) is 0.838. The molecule has 24 heavy (non-hydrogen) atoms. The molecule has 8 heteroatoms. The van der Waals surface area contributed by atoms with Crippen LogP contribution in [0.4, 0.5) is 0 Å². The predicted molar refractivity (Wildman–Crippen MR) is 89.6 cm³/mol. The lowest BCUT2D eigenvalue weighted by Crippen LogP contribution is -2.33. The molecule has 0 aliphatic carbocycles. The van der Waals surface area contributed by atoms with Crippen LogP contribution in [-0.4, -0.2) is 54.1 Å². The van der Waals surface area contributed by atoms with E-state index in [0.717, 1.165) is 0 Å². The molecule has 0 unspecified atom stereocenters. The highest BCUT2D eigenvalue weighted by Crippen LogP contribution is 2.26. The normalized spacial score (nSPS) is 15.6. The van der Waals surface area contributed by atoms with Crippen molar-refractivity contribution in [2.24, 2.45) is 0 Å². The third kappa shape index (κ3) is 3.52. The molecule has 0 N–H and O–H groups in total. The molecule has 1 aliphatic heterocycles. The number of esters is 1. The van der Waals surface area contributed by atoms with E-state index in [1.807, 2.05) is 6.07 Å². The van der Waals surface area contributed by atoms with E-state index in [1.54, 1.807) is 30.3 Å². The fraction of sp³-hybridized carbons (Fsp3) is 0.250. The fourth-order valence-electron chi connectivity index (χ4n) is 2.13. The van der Waals surface area contributed by atoms with Gasteiger partial charge in [0.1, 0.15) is 24.1 Å². The average molecular weight is 345 g/mol. The Morgan fingerprint density at radius 2 is 2.12 bits per heavy atom. The van der Waals surface area contributed by atoms with E-state index in [0.29, 0.717) is 11.3 Å². The van der Waals surface area contributed by atoms with E-state index in [-0.39, 0.29) is 29.9 Å². The minimum absolute atomic E-state index is 0.113. The van der Waals surface area contributed by atoms with Crippen molar-refractivity contribution in [3.63, 3.8) is 0 Å². The first kappa shape index (κ1) is 17.4. The van der Waals surface area contributed by atoms with Crippen molar-refractivity contribution < 1.29 is 19.1 Å². The summed E-state index contributed by atoms with van der Waals surface area (Å²) in [6.07, 6.45) is 1.58. The molecule has 0 spiro atoms. The van der Waals surface area contributed by atoms with Crippen molar-refractivity contribution in [3.05, 3.63) is 35.5 Å². The first-order chi connectivity index (χ1) is 11.5. The minimum atomic E-state index is -0.514. The number of likely N-dealkylation sites (N-methyl/N-ethyl adjacent to an activating group) is 1. The maximum Gasteiger partial charge on any atom is 0.325 e. The Bertz CT molecular complexity index is 754. The number of thiocarbonyl (C=S) groups is 1. The number of benzene rings is 1. The van der Waals surface area contributed by atoms with Crippen LogP contribution in [0.1, 0.15) is 5.56 Å². The summed E-state index contributed by atoms with van der Waals surface area (Å²) in [7, 11) is 2.80. The van der Waals surface area contributed by atoms with Crippen LogP contribution in [0.5, 0.6) is 5.75 Å². The summed E-state index contributed by atoms with van der Waals surface area (Å²) < 4.78 is 10.00. The van der Waals surface area contributed by atoms with Gasteiger partial charge in [-0.25, -0.2) is 0 Å². The molecule has 7 nitrogen and oxygen atoms in total. The number of carbonyl (C=O) groups excluding carboxylic acids is 2. The number of nitrogens with zero attached hydrogens (tertiary/aromatic N) is 3. The number of para-hydroxylation sites is 1. The molecule has 1 saturated heterocycles. The van der Waals surface area contributed by atoms with Gasteiger partial charge < -0.3 is 14.4 Å². The van der Waals surface area contributed by atoms with Crippen molar-refractivity contribution in [3.8, 4) is 11.8 Å². The molecule has 1 amide bonds.